The number of hydrogen-bond donors (Lipinski definition) is 2. The van der Waals surface area contributed by atoms with Crippen LogP contribution in [-0.2, 0) is 26.0 Å². The van der Waals surface area contributed by atoms with Crippen LogP contribution < -0.4 is 10.6 Å². The number of rotatable bonds is 6. The molecule has 0 unspecified atom stereocenters. The maximum Gasteiger partial charge on any atom is 0.225 e. The third kappa shape index (κ3) is 5.98. The Morgan fingerprint density at radius 1 is 1.24 bits per heavy atom. The number of benzene rings is 2. The zero-order chi connectivity index (χ0) is 21.0. The molecule has 0 spiro atoms. The smallest absolute Gasteiger partial charge is 0.225 e. The van der Waals surface area contributed by atoms with Crippen LogP contribution in [0.25, 0.3) is 0 Å². The minimum atomic E-state index is -3.66. The number of carbonyl (C=O) groups excluding carboxylic acids is 2. The van der Waals surface area contributed by atoms with Gasteiger partial charge in [-0.3, -0.25) is 9.59 Å². The maximum absolute atomic E-state index is 12.7. The molecule has 6 nitrogen and oxygen atoms in total. The number of thioether (sulfide) groups is 1. The van der Waals surface area contributed by atoms with E-state index >= 15 is 0 Å². The summed E-state index contributed by atoms with van der Waals surface area (Å²) >= 11 is 7.35. The molecule has 3 rings (SSSR count). The average molecular weight is 453 g/mol. The number of halogens is 1. The predicted molar refractivity (Wildman–Crippen MR) is 115 cm³/mol. The lowest BCUT2D eigenvalue weighted by Gasteiger charge is -2.11. The summed E-state index contributed by atoms with van der Waals surface area (Å²) in [7, 11) is -3.66. The Labute approximate surface area is 179 Å². The van der Waals surface area contributed by atoms with E-state index in [0.717, 1.165) is 10.5 Å². The van der Waals surface area contributed by atoms with Crippen molar-refractivity contribution in [2.24, 2.45) is 0 Å². The lowest BCUT2D eigenvalue weighted by Crippen LogP contribution is -2.25. The topological polar surface area (TPSA) is 92.3 Å². The molecule has 154 valence electrons. The van der Waals surface area contributed by atoms with Crippen molar-refractivity contribution in [2.45, 2.75) is 41.4 Å². The molecule has 2 aromatic rings. The summed E-state index contributed by atoms with van der Waals surface area (Å²) in [5.41, 5.74) is 1.37. The van der Waals surface area contributed by atoms with Crippen molar-refractivity contribution in [3.05, 3.63) is 53.1 Å². The Kier molecular flexibility index (Phi) is 6.87. The summed E-state index contributed by atoms with van der Waals surface area (Å²) in [5.74, 6) is -0.800. The Balaban J connectivity index is 1.61. The minimum absolute atomic E-state index is 0.0946. The summed E-state index contributed by atoms with van der Waals surface area (Å²) < 4.78 is 25.3. The molecule has 2 amide bonds. The van der Waals surface area contributed by atoms with Gasteiger partial charge < -0.3 is 10.6 Å². The van der Waals surface area contributed by atoms with E-state index in [1.807, 2.05) is 6.92 Å². The van der Waals surface area contributed by atoms with Gasteiger partial charge in [-0.2, -0.15) is 0 Å². The summed E-state index contributed by atoms with van der Waals surface area (Å²) in [4.78, 5) is 24.9. The van der Waals surface area contributed by atoms with Crippen molar-refractivity contribution < 1.29 is 18.0 Å². The fourth-order valence-corrected chi connectivity index (χ4v) is 5.30. The molecule has 0 radical (unpaired) electrons. The molecule has 29 heavy (non-hydrogen) atoms. The molecular weight excluding hydrogens is 432 g/mol. The first-order valence-corrected chi connectivity index (χ1v) is 12.0. The quantitative estimate of drug-likeness (QED) is 0.698. The molecule has 0 aromatic heterocycles. The van der Waals surface area contributed by atoms with E-state index in [0.29, 0.717) is 23.7 Å². The zero-order valence-corrected chi connectivity index (χ0v) is 18.2. The lowest BCUT2D eigenvalue weighted by atomic mass is 10.2. The highest BCUT2D eigenvalue weighted by molar-refractivity contribution is 8.00. The minimum Gasteiger partial charge on any atom is -0.352 e. The number of hydrogen-bond acceptors (Lipinski definition) is 5. The fraction of sp³-hybridized carbons (Fsp3) is 0.300. The third-order valence-corrected chi connectivity index (χ3v) is 7.53. The monoisotopic (exact) mass is 452 g/mol. The average Bonchev–Trinajstić information content (AvgIpc) is 2.81. The number of anilines is 1. The number of nitrogens with one attached hydrogen (secondary N) is 2. The van der Waals surface area contributed by atoms with Crippen LogP contribution in [0.4, 0.5) is 5.69 Å². The van der Waals surface area contributed by atoms with Gasteiger partial charge in [-0.1, -0.05) is 30.7 Å². The molecule has 1 aliphatic rings. The second kappa shape index (κ2) is 9.19. The molecule has 1 aliphatic heterocycles. The highest BCUT2D eigenvalue weighted by Gasteiger charge is 2.22. The molecule has 0 saturated carbocycles. The lowest BCUT2D eigenvalue weighted by molar-refractivity contribution is -0.121. The third-order valence-electron chi connectivity index (χ3n) is 4.39. The molecule has 0 bridgehead atoms. The maximum atomic E-state index is 12.7. The van der Waals surface area contributed by atoms with Crippen LogP contribution in [0.5, 0.6) is 0 Å². The molecule has 0 fully saturated rings. The predicted octanol–water partition coefficient (Wildman–Crippen LogP) is 3.64. The largest absolute Gasteiger partial charge is 0.352 e. The first-order valence-electron chi connectivity index (χ1n) is 9.07. The second-order valence-corrected chi connectivity index (χ2v) is 10.8. The fourth-order valence-electron chi connectivity index (χ4n) is 2.86. The summed E-state index contributed by atoms with van der Waals surface area (Å²) in [6.07, 6.45) is 0.223. The van der Waals surface area contributed by atoms with Gasteiger partial charge in [0.1, 0.15) is 0 Å². The van der Waals surface area contributed by atoms with Crippen molar-refractivity contribution in [3.8, 4) is 0 Å². The van der Waals surface area contributed by atoms with Crippen LogP contribution in [0.1, 0.15) is 25.3 Å². The highest BCUT2D eigenvalue weighted by atomic mass is 35.5. The SMILES string of the molecule is C[C@H]1CC(=O)Nc2cc(S(=O)(=O)CCC(=O)NCc3ccc(Cl)cc3)ccc2S1. The van der Waals surface area contributed by atoms with E-state index in [1.165, 1.54) is 23.9 Å². The van der Waals surface area contributed by atoms with Gasteiger partial charge in [0, 0.05) is 34.6 Å². The molecule has 2 aromatic carbocycles. The molecule has 2 N–H and O–H groups in total. The van der Waals surface area contributed by atoms with Gasteiger partial charge in [0.05, 0.1) is 16.3 Å². The molecule has 0 aliphatic carbocycles. The number of amides is 2. The molecule has 9 heteroatoms. The van der Waals surface area contributed by atoms with E-state index in [2.05, 4.69) is 10.6 Å². The van der Waals surface area contributed by atoms with Gasteiger partial charge in [-0.15, -0.1) is 11.8 Å². The van der Waals surface area contributed by atoms with Crippen LogP contribution in [-0.4, -0.2) is 31.2 Å². The summed E-state index contributed by atoms with van der Waals surface area (Å²) in [5, 5.41) is 6.19. The van der Waals surface area contributed by atoms with Crippen LogP contribution in [0.15, 0.2) is 52.3 Å². The van der Waals surface area contributed by atoms with E-state index in [4.69, 9.17) is 11.6 Å². The number of carbonyl (C=O) groups is 2. The van der Waals surface area contributed by atoms with Gasteiger partial charge in [0.15, 0.2) is 9.84 Å². The van der Waals surface area contributed by atoms with Gasteiger partial charge in [-0.05, 0) is 35.9 Å². The van der Waals surface area contributed by atoms with Crippen molar-refractivity contribution in [3.63, 3.8) is 0 Å². The number of sulfone groups is 1. The summed E-state index contributed by atoms with van der Waals surface area (Å²) in [6.45, 7) is 2.25. The van der Waals surface area contributed by atoms with Crippen LogP contribution in [0.3, 0.4) is 0 Å². The van der Waals surface area contributed by atoms with Gasteiger partial charge in [0.2, 0.25) is 11.8 Å². The van der Waals surface area contributed by atoms with E-state index in [9.17, 15) is 18.0 Å². The molecule has 1 atom stereocenters. The van der Waals surface area contributed by atoms with Gasteiger partial charge >= 0.3 is 0 Å². The Morgan fingerprint density at radius 3 is 2.69 bits per heavy atom. The van der Waals surface area contributed by atoms with Crippen molar-refractivity contribution >= 4 is 50.7 Å². The highest BCUT2D eigenvalue weighted by Crippen LogP contribution is 2.36. The number of fused-ring (bicyclic) bond motifs is 1. The van der Waals surface area contributed by atoms with E-state index in [1.54, 1.807) is 30.3 Å². The van der Waals surface area contributed by atoms with E-state index in [-0.39, 0.29) is 34.1 Å². The molecule has 1 heterocycles. The van der Waals surface area contributed by atoms with Crippen LogP contribution in [0.2, 0.25) is 5.02 Å². The van der Waals surface area contributed by atoms with Crippen molar-refractivity contribution in [2.75, 3.05) is 11.1 Å². The van der Waals surface area contributed by atoms with Crippen molar-refractivity contribution in [1.29, 1.82) is 0 Å². The summed E-state index contributed by atoms with van der Waals surface area (Å²) in [6, 6.07) is 11.7. The second-order valence-electron chi connectivity index (χ2n) is 6.81. The first-order chi connectivity index (χ1) is 13.7. The molecular formula is C20H21ClN2O4S2. The van der Waals surface area contributed by atoms with Gasteiger partial charge in [0.25, 0.3) is 0 Å². The Hall–Kier alpha value is -2.03. The van der Waals surface area contributed by atoms with Crippen LogP contribution in [0, 0.1) is 0 Å². The zero-order valence-electron chi connectivity index (χ0n) is 15.8. The van der Waals surface area contributed by atoms with Gasteiger partial charge in [-0.25, -0.2) is 8.42 Å². The Morgan fingerprint density at radius 2 is 1.97 bits per heavy atom. The molecule has 0 saturated heterocycles. The van der Waals surface area contributed by atoms with E-state index < -0.39 is 9.84 Å². The van der Waals surface area contributed by atoms with Crippen LogP contribution >= 0.6 is 23.4 Å². The first kappa shape index (κ1) is 21.7. The standard InChI is InChI=1S/C20H21ClN2O4S2/c1-13-10-20(25)23-17-11-16(6-7-18(17)28-13)29(26,27)9-8-19(24)22-12-14-2-4-15(21)5-3-14/h2-7,11,13H,8-10,12H2,1H3,(H,22,24)(H,23,25)/t13-/m0/s1. The van der Waals surface area contributed by atoms with Crippen molar-refractivity contribution in [1.82, 2.24) is 5.32 Å². The Bertz CT molecular complexity index is 1020. The normalized spacial score (nSPS) is 16.5.